The highest BCUT2D eigenvalue weighted by Crippen LogP contribution is 2.24. The van der Waals surface area contributed by atoms with E-state index in [1.165, 1.54) is 0 Å². The van der Waals surface area contributed by atoms with Crippen molar-refractivity contribution >= 4 is 22.6 Å². The van der Waals surface area contributed by atoms with E-state index in [9.17, 15) is 4.79 Å². The Balaban J connectivity index is 2.13. The first-order valence-corrected chi connectivity index (χ1v) is 5.91. The number of benzene rings is 1. The van der Waals surface area contributed by atoms with Gasteiger partial charge in [-0.1, -0.05) is 18.2 Å². The molecule has 0 aliphatic carbocycles. The maximum atomic E-state index is 12.4. The number of nitrogens with two attached hydrogens (primary N) is 1. The van der Waals surface area contributed by atoms with Crippen molar-refractivity contribution in [2.45, 2.75) is 6.92 Å². The SMILES string of the molecule is Cc1ccnc(N)c1C(=O)c1cc2ccccc2o1. The molecule has 94 valence electrons. The Morgan fingerprint density at radius 3 is 2.79 bits per heavy atom. The quantitative estimate of drug-likeness (QED) is 0.712. The normalized spacial score (nSPS) is 10.8. The van der Waals surface area contributed by atoms with E-state index >= 15 is 0 Å². The molecule has 0 saturated heterocycles. The fourth-order valence-corrected chi connectivity index (χ4v) is 2.09. The Morgan fingerprint density at radius 2 is 2.05 bits per heavy atom. The van der Waals surface area contributed by atoms with E-state index in [-0.39, 0.29) is 17.4 Å². The van der Waals surface area contributed by atoms with Crippen molar-refractivity contribution in [3.05, 3.63) is 59.5 Å². The van der Waals surface area contributed by atoms with E-state index in [0.29, 0.717) is 11.1 Å². The zero-order valence-corrected chi connectivity index (χ0v) is 10.4. The van der Waals surface area contributed by atoms with Gasteiger partial charge in [-0.25, -0.2) is 4.98 Å². The van der Waals surface area contributed by atoms with Crippen LogP contribution in [0.5, 0.6) is 0 Å². The molecule has 0 aliphatic rings. The lowest BCUT2D eigenvalue weighted by Crippen LogP contribution is -2.08. The molecule has 4 nitrogen and oxygen atoms in total. The van der Waals surface area contributed by atoms with Gasteiger partial charge in [0, 0.05) is 11.6 Å². The average molecular weight is 252 g/mol. The maximum absolute atomic E-state index is 12.4. The number of anilines is 1. The van der Waals surface area contributed by atoms with Crippen LogP contribution in [0, 0.1) is 6.92 Å². The van der Waals surface area contributed by atoms with Gasteiger partial charge in [0.2, 0.25) is 5.78 Å². The number of hydrogen-bond acceptors (Lipinski definition) is 4. The molecule has 2 heterocycles. The van der Waals surface area contributed by atoms with Gasteiger partial charge in [-0.2, -0.15) is 0 Å². The number of aromatic nitrogens is 1. The van der Waals surface area contributed by atoms with Crippen molar-refractivity contribution in [3.63, 3.8) is 0 Å². The third-order valence-electron chi connectivity index (χ3n) is 3.07. The predicted octanol–water partition coefficient (Wildman–Crippen LogP) is 2.95. The summed E-state index contributed by atoms with van der Waals surface area (Å²) in [6.07, 6.45) is 1.58. The molecule has 0 atom stereocenters. The first kappa shape index (κ1) is 11.5. The highest BCUT2D eigenvalue weighted by molar-refractivity contribution is 6.12. The van der Waals surface area contributed by atoms with Gasteiger partial charge in [0.05, 0.1) is 5.56 Å². The summed E-state index contributed by atoms with van der Waals surface area (Å²) in [5.41, 5.74) is 7.66. The molecule has 0 spiro atoms. The third kappa shape index (κ3) is 1.87. The van der Waals surface area contributed by atoms with E-state index < -0.39 is 0 Å². The molecule has 0 radical (unpaired) electrons. The average Bonchev–Trinajstić information content (AvgIpc) is 2.82. The number of carbonyl (C=O) groups excluding carboxylic acids is 1. The summed E-state index contributed by atoms with van der Waals surface area (Å²) in [5.74, 6) is 0.272. The van der Waals surface area contributed by atoms with Crippen molar-refractivity contribution in [2.75, 3.05) is 5.73 Å². The third-order valence-corrected chi connectivity index (χ3v) is 3.07. The molecule has 0 unspecified atom stereocenters. The van der Waals surface area contributed by atoms with E-state index in [4.69, 9.17) is 10.2 Å². The lowest BCUT2D eigenvalue weighted by atomic mass is 10.0. The zero-order chi connectivity index (χ0) is 13.4. The van der Waals surface area contributed by atoms with Crippen molar-refractivity contribution in [1.29, 1.82) is 0 Å². The Hall–Kier alpha value is -2.62. The molecule has 3 rings (SSSR count). The van der Waals surface area contributed by atoms with E-state index in [0.717, 1.165) is 10.9 Å². The van der Waals surface area contributed by atoms with Crippen LogP contribution in [-0.2, 0) is 0 Å². The summed E-state index contributed by atoms with van der Waals surface area (Å²) >= 11 is 0. The van der Waals surface area contributed by atoms with Crippen molar-refractivity contribution in [2.24, 2.45) is 0 Å². The molecule has 0 fully saturated rings. The Labute approximate surface area is 109 Å². The van der Waals surface area contributed by atoms with Crippen LogP contribution in [0.1, 0.15) is 21.7 Å². The summed E-state index contributed by atoms with van der Waals surface area (Å²) in [7, 11) is 0. The first-order valence-electron chi connectivity index (χ1n) is 5.91. The van der Waals surface area contributed by atoms with Gasteiger partial charge in [0.25, 0.3) is 0 Å². The molecule has 0 amide bonds. The maximum Gasteiger partial charge on any atom is 0.232 e. The Kier molecular flexibility index (Phi) is 2.56. The summed E-state index contributed by atoms with van der Waals surface area (Å²) in [5, 5.41) is 0.894. The van der Waals surface area contributed by atoms with Gasteiger partial charge in [0.15, 0.2) is 5.76 Å². The van der Waals surface area contributed by atoms with Gasteiger partial charge >= 0.3 is 0 Å². The summed E-state index contributed by atoms with van der Waals surface area (Å²) in [6.45, 7) is 1.83. The minimum absolute atomic E-state index is 0.227. The molecule has 0 aliphatic heterocycles. The number of ketones is 1. The predicted molar refractivity (Wildman–Crippen MR) is 73.0 cm³/mol. The molecule has 2 aromatic heterocycles. The second-order valence-corrected chi connectivity index (χ2v) is 4.37. The van der Waals surface area contributed by atoms with Gasteiger partial charge < -0.3 is 10.2 Å². The highest BCUT2D eigenvalue weighted by atomic mass is 16.3. The standard InChI is InChI=1S/C15H12N2O2/c1-9-6-7-17-15(16)13(9)14(18)12-8-10-4-2-3-5-11(10)19-12/h2-8H,1H3,(H2,16,17). The van der Waals surface area contributed by atoms with E-state index in [2.05, 4.69) is 4.98 Å². The number of aryl methyl sites for hydroxylation is 1. The van der Waals surface area contributed by atoms with Crippen molar-refractivity contribution in [1.82, 2.24) is 4.98 Å². The van der Waals surface area contributed by atoms with Crippen LogP contribution in [0.2, 0.25) is 0 Å². The molecule has 0 bridgehead atoms. The number of carbonyl (C=O) groups is 1. The Morgan fingerprint density at radius 1 is 1.26 bits per heavy atom. The fourth-order valence-electron chi connectivity index (χ4n) is 2.09. The fraction of sp³-hybridized carbons (Fsp3) is 0.0667. The highest BCUT2D eigenvalue weighted by Gasteiger charge is 2.19. The molecular weight excluding hydrogens is 240 g/mol. The number of nitrogens with zero attached hydrogens (tertiary/aromatic N) is 1. The van der Waals surface area contributed by atoms with Crippen LogP contribution in [0.4, 0.5) is 5.82 Å². The molecule has 19 heavy (non-hydrogen) atoms. The molecule has 3 aromatic rings. The second kappa shape index (κ2) is 4.24. The number of pyridine rings is 1. The lowest BCUT2D eigenvalue weighted by Gasteiger charge is -2.04. The van der Waals surface area contributed by atoms with Gasteiger partial charge in [-0.3, -0.25) is 4.79 Å². The molecule has 0 saturated carbocycles. The lowest BCUT2D eigenvalue weighted by molar-refractivity contribution is 0.101. The number of furan rings is 1. The monoisotopic (exact) mass is 252 g/mol. The minimum Gasteiger partial charge on any atom is -0.453 e. The largest absolute Gasteiger partial charge is 0.453 e. The summed E-state index contributed by atoms with van der Waals surface area (Å²) < 4.78 is 5.56. The van der Waals surface area contributed by atoms with E-state index in [1.807, 2.05) is 31.2 Å². The van der Waals surface area contributed by atoms with Gasteiger partial charge in [0.1, 0.15) is 11.4 Å². The number of nitrogen functional groups attached to an aromatic ring is 1. The molecule has 4 heteroatoms. The van der Waals surface area contributed by atoms with Crippen LogP contribution < -0.4 is 5.73 Å². The molecule has 1 aromatic carbocycles. The van der Waals surface area contributed by atoms with Crippen LogP contribution in [-0.4, -0.2) is 10.8 Å². The number of hydrogen-bond donors (Lipinski definition) is 1. The number of rotatable bonds is 2. The Bertz CT molecular complexity index is 721. The first-order chi connectivity index (χ1) is 9.16. The van der Waals surface area contributed by atoms with E-state index in [1.54, 1.807) is 18.3 Å². The number of para-hydroxylation sites is 1. The summed E-state index contributed by atoms with van der Waals surface area (Å²) in [6, 6.07) is 11.0. The smallest absolute Gasteiger partial charge is 0.232 e. The van der Waals surface area contributed by atoms with Crippen LogP contribution in [0.25, 0.3) is 11.0 Å². The molecular formula is C15H12N2O2. The summed E-state index contributed by atoms with van der Waals surface area (Å²) in [4.78, 5) is 16.4. The van der Waals surface area contributed by atoms with Crippen molar-refractivity contribution in [3.8, 4) is 0 Å². The van der Waals surface area contributed by atoms with Gasteiger partial charge in [-0.15, -0.1) is 0 Å². The van der Waals surface area contributed by atoms with Crippen LogP contribution >= 0.6 is 0 Å². The van der Waals surface area contributed by atoms with Gasteiger partial charge in [-0.05, 0) is 30.7 Å². The van der Waals surface area contributed by atoms with Crippen LogP contribution in [0.3, 0.4) is 0 Å². The van der Waals surface area contributed by atoms with Crippen LogP contribution in [0.15, 0.2) is 47.0 Å². The molecule has 2 N–H and O–H groups in total. The zero-order valence-electron chi connectivity index (χ0n) is 10.4. The second-order valence-electron chi connectivity index (χ2n) is 4.37. The minimum atomic E-state index is -0.237. The number of fused-ring (bicyclic) bond motifs is 1. The topological polar surface area (TPSA) is 69.1 Å². The van der Waals surface area contributed by atoms with Crippen molar-refractivity contribution < 1.29 is 9.21 Å².